The summed E-state index contributed by atoms with van der Waals surface area (Å²) in [5.41, 5.74) is 0. The molecule has 2 rings (SSSR count). The predicted octanol–water partition coefficient (Wildman–Crippen LogP) is 0.946. The van der Waals surface area contributed by atoms with Crippen molar-refractivity contribution in [1.82, 2.24) is 0 Å². The van der Waals surface area contributed by atoms with Gasteiger partial charge in [-0.25, -0.2) is 9.59 Å². The summed E-state index contributed by atoms with van der Waals surface area (Å²) in [5.74, 6) is 7.32. The Labute approximate surface area is 125 Å². The van der Waals surface area contributed by atoms with Crippen molar-refractivity contribution >= 4 is 12.3 Å². The van der Waals surface area contributed by atoms with Gasteiger partial charge in [0.25, 0.3) is 0 Å². The zero-order valence-electron chi connectivity index (χ0n) is 11.6. The van der Waals surface area contributed by atoms with E-state index in [1.54, 1.807) is 6.92 Å². The fourth-order valence-corrected chi connectivity index (χ4v) is 1.16. The second kappa shape index (κ2) is 10.3. The van der Waals surface area contributed by atoms with E-state index in [4.69, 9.17) is 9.47 Å². The van der Waals surface area contributed by atoms with Crippen molar-refractivity contribution in [2.24, 2.45) is 0 Å². The van der Waals surface area contributed by atoms with Crippen LogP contribution < -0.4 is 0 Å². The molecular formula is C13H13FO8. The highest BCUT2D eigenvalue weighted by Gasteiger charge is 2.25. The Bertz CT molecular complexity index is 452. The Kier molecular flexibility index (Phi) is 8.20. The van der Waals surface area contributed by atoms with Gasteiger partial charge in [-0.1, -0.05) is 5.92 Å². The number of ether oxygens (including phenoxy) is 6. The van der Waals surface area contributed by atoms with Gasteiger partial charge in [0.05, 0.1) is 0 Å². The molecule has 0 aromatic heterocycles. The summed E-state index contributed by atoms with van der Waals surface area (Å²) in [6, 6.07) is 0. The van der Waals surface area contributed by atoms with Gasteiger partial charge in [0, 0.05) is 0 Å². The maximum atomic E-state index is 11.2. The molecule has 0 radical (unpaired) electrons. The minimum absolute atomic E-state index is 0.0345. The van der Waals surface area contributed by atoms with Crippen LogP contribution in [-0.4, -0.2) is 51.3 Å². The third-order valence-electron chi connectivity index (χ3n) is 2.06. The number of carbonyl (C=O) groups excluding carboxylic acids is 2. The maximum Gasteiger partial charge on any atom is 0.510 e. The average molecular weight is 316 g/mol. The van der Waals surface area contributed by atoms with Gasteiger partial charge in [-0.15, -0.1) is 10.3 Å². The molecule has 0 saturated carbocycles. The molecule has 0 aromatic rings. The van der Waals surface area contributed by atoms with Crippen molar-refractivity contribution in [3.8, 4) is 23.9 Å². The van der Waals surface area contributed by atoms with Crippen LogP contribution in [0.3, 0.4) is 0 Å². The average Bonchev–Trinajstić information content (AvgIpc) is 3.09. The first-order valence-electron chi connectivity index (χ1n) is 6.03. The molecule has 0 aromatic carbocycles. The molecule has 2 saturated heterocycles. The van der Waals surface area contributed by atoms with Crippen molar-refractivity contribution < 1.29 is 42.4 Å². The fraction of sp³-hybridized carbons (Fsp3) is 0.538. The first kappa shape index (κ1) is 17.6. The van der Waals surface area contributed by atoms with Gasteiger partial charge in [-0.05, 0) is 12.8 Å². The van der Waals surface area contributed by atoms with E-state index in [-0.39, 0.29) is 26.4 Å². The zero-order valence-corrected chi connectivity index (χ0v) is 11.6. The van der Waals surface area contributed by atoms with Gasteiger partial charge in [-0.3, -0.25) is 0 Å². The Morgan fingerprint density at radius 1 is 1.05 bits per heavy atom. The lowest BCUT2D eigenvalue weighted by Gasteiger charge is -2.02. The van der Waals surface area contributed by atoms with Crippen molar-refractivity contribution in [2.75, 3.05) is 26.4 Å². The Hall–Kier alpha value is -2.49. The first-order valence-corrected chi connectivity index (χ1v) is 6.03. The minimum atomic E-state index is -0.775. The van der Waals surface area contributed by atoms with Crippen molar-refractivity contribution in [1.29, 1.82) is 0 Å². The lowest BCUT2D eigenvalue weighted by Crippen LogP contribution is -2.14. The summed E-state index contributed by atoms with van der Waals surface area (Å²) in [4.78, 5) is 20.6. The third kappa shape index (κ3) is 7.33. The molecule has 2 unspecified atom stereocenters. The topological polar surface area (TPSA) is 89.5 Å². The summed E-state index contributed by atoms with van der Waals surface area (Å²) in [7, 11) is 0. The lowest BCUT2D eigenvalue weighted by atomic mass is 10.6. The molecular weight excluding hydrogens is 303 g/mol. The second-order valence-electron chi connectivity index (χ2n) is 3.54. The van der Waals surface area contributed by atoms with Crippen molar-refractivity contribution in [2.45, 2.75) is 19.5 Å². The molecule has 9 heteroatoms. The van der Waals surface area contributed by atoms with E-state index < -0.39 is 24.9 Å². The molecule has 0 bridgehead atoms. The fourth-order valence-electron chi connectivity index (χ4n) is 1.16. The van der Waals surface area contributed by atoms with E-state index in [1.165, 1.54) is 0 Å². The van der Waals surface area contributed by atoms with E-state index in [2.05, 4.69) is 30.8 Å². The van der Waals surface area contributed by atoms with E-state index >= 15 is 0 Å². The highest BCUT2D eigenvalue weighted by Crippen LogP contribution is 2.07. The predicted molar refractivity (Wildman–Crippen MR) is 66.7 cm³/mol. The zero-order chi connectivity index (χ0) is 16.2. The SMILES string of the molecule is CC#CCOC1COC(=O)O1.O=C1OCC(OCC#CF)O1. The van der Waals surface area contributed by atoms with Crippen LogP contribution >= 0.6 is 0 Å². The van der Waals surface area contributed by atoms with Gasteiger partial charge < -0.3 is 28.4 Å². The van der Waals surface area contributed by atoms with Crippen LogP contribution in [0.5, 0.6) is 0 Å². The van der Waals surface area contributed by atoms with Crippen LogP contribution in [0.25, 0.3) is 0 Å². The van der Waals surface area contributed by atoms with Crippen molar-refractivity contribution in [3.63, 3.8) is 0 Å². The highest BCUT2D eigenvalue weighted by molar-refractivity contribution is 5.61. The van der Waals surface area contributed by atoms with Gasteiger partial charge in [0.1, 0.15) is 19.4 Å². The number of rotatable bonds is 4. The van der Waals surface area contributed by atoms with E-state index in [0.717, 1.165) is 6.17 Å². The Morgan fingerprint density at radius 2 is 1.55 bits per heavy atom. The van der Waals surface area contributed by atoms with Crippen molar-refractivity contribution in [3.05, 3.63) is 0 Å². The quantitative estimate of drug-likeness (QED) is 0.559. The molecule has 22 heavy (non-hydrogen) atoms. The van der Waals surface area contributed by atoms with Gasteiger partial charge >= 0.3 is 12.3 Å². The van der Waals surface area contributed by atoms with Crippen LogP contribution in [0.15, 0.2) is 0 Å². The molecule has 0 N–H and O–H groups in total. The highest BCUT2D eigenvalue weighted by atomic mass is 19.1. The summed E-state index contributed by atoms with van der Waals surface area (Å²) in [6.07, 6.45) is -1.64. The number of hydrogen-bond donors (Lipinski definition) is 0. The molecule has 120 valence electrons. The van der Waals surface area contributed by atoms with Gasteiger partial charge in [0.2, 0.25) is 12.6 Å². The molecule has 0 amide bonds. The van der Waals surface area contributed by atoms with Crippen LogP contribution in [0, 0.1) is 23.9 Å². The minimum Gasteiger partial charge on any atom is -0.428 e. The van der Waals surface area contributed by atoms with Crippen LogP contribution in [0.4, 0.5) is 14.0 Å². The molecule has 0 aliphatic carbocycles. The lowest BCUT2D eigenvalue weighted by molar-refractivity contribution is -0.0646. The van der Waals surface area contributed by atoms with Crippen LogP contribution in [0.1, 0.15) is 6.92 Å². The van der Waals surface area contributed by atoms with Gasteiger partial charge in [-0.2, -0.15) is 0 Å². The smallest absolute Gasteiger partial charge is 0.428 e. The van der Waals surface area contributed by atoms with Crippen LogP contribution in [0.2, 0.25) is 0 Å². The largest absolute Gasteiger partial charge is 0.510 e. The third-order valence-corrected chi connectivity index (χ3v) is 2.06. The van der Waals surface area contributed by atoms with Crippen LogP contribution in [-0.2, 0) is 28.4 Å². The maximum absolute atomic E-state index is 11.2. The monoisotopic (exact) mass is 316 g/mol. The Morgan fingerprint density at radius 3 is 1.91 bits per heavy atom. The summed E-state index contributed by atoms with van der Waals surface area (Å²) < 4.78 is 38.7. The Balaban J connectivity index is 0.000000220. The summed E-state index contributed by atoms with van der Waals surface area (Å²) in [5, 5.41) is 0. The molecule has 2 fully saturated rings. The van der Waals surface area contributed by atoms with Gasteiger partial charge in [0.15, 0.2) is 13.2 Å². The standard InChI is InChI=1S/C7H8O4.C6H5FO4/c1-2-3-4-9-6-5-10-7(8)11-6;7-2-1-3-9-5-4-10-6(8)11-5/h6H,4-5H2,1H3;5H,3-4H2. The molecule has 2 atom stereocenters. The molecule has 2 aliphatic heterocycles. The molecule has 2 aliphatic rings. The number of halogens is 1. The normalized spacial score (nSPS) is 21.5. The van der Waals surface area contributed by atoms with E-state index in [9.17, 15) is 14.0 Å². The number of hydrogen-bond acceptors (Lipinski definition) is 8. The molecule has 8 nitrogen and oxygen atoms in total. The number of cyclic esters (lactones) is 4. The number of carbonyl (C=O) groups is 2. The summed E-state index contributed by atoms with van der Waals surface area (Å²) in [6.45, 7) is 2.05. The molecule has 0 spiro atoms. The van der Waals surface area contributed by atoms with E-state index in [0.29, 0.717) is 0 Å². The second-order valence-corrected chi connectivity index (χ2v) is 3.54. The summed E-state index contributed by atoms with van der Waals surface area (Å²) >= 11 is 0. The van der Waals surface area contributed by atoms with E-state index in [1.807, 2.05) is 5.92 Å². The molecule has 2 heterocycles. The first-order chi connectivity index (χ1) is 10.7.